The van der Waals surface area contributed by atoms with Gasteiger partial charge in [-0.1, -0.05) is 12.1 Å². The van der Waals surface area contributed by atoms with Crippen LogP contribution in [0.15, 0.2) is 24.3 Å². The number of anilines is 1. The number of rotatable bonds is 6. The maximum atomic E-state index is 12.2. The highest BCUT2D eigenvalue weighted by atomic mass is 32.1. The maximum Gasteiger partial charge on any atom is 0.387 e. The molecule has 0 aliphatic rings. The molecule has 2 N–H and O–H groups in total. The summed E-state index contributed by atoms with van der Waals surface area (Å²) in [5, 5.41) is 5.96. The quantitative estimate of drug-likeness (QED) is 0.616. The van der Waals surface area contributed by atoms with Gasteiger partial charge in [-0.15, -0.1) is 0 Å². The van der Waals surface area contributed by atoms with Gasteiger partial charge in [0.2, 0.25) is 0 Å². The lowest BCUT2D eigenvalue weighted by Crippen LogP contribution is -2.31. The summed E-state index contributed by atoms with van der Waals surface area (Å²) in [4.78, 5) is 0. The zero-order valence-corrected chi connectivity index (χ0v) is 10.6. The summed E-state index contributed by atoms with van der Waals surface area (Å²) in [6.45, 7) is -1.85. The number of methoxy groups -OCH3 is 1. The molecule has 18 heavy (non-hydrogen) atoms. The van der Waals surface area contributed by atoms with Crippen molar-refractivity contribution in [2.75, 3.05) is 25.6 Å². The zero-order valence-electron chi connectivity index (χ0n) is 9.78. The van der Waals surface area contributed by atoms with E-state index in [9.17, 15) is 8.78 Å². The molecule has 7 heteroatoms. The fourth-order valence-corrected chi connectivity index (χ4v) is 1.41. The molecule has 0 spiro atoms. The molecule has 0 amide bonds. The molecule has 0 heterocycles. The summed E-state index contributed by atoms with van der Waals surface area (Å²) in [6, 6.07) is 6.33. The predicted octanol–water partition coefficient (Wildman–Crippen LogP) is 2.22. The molecule has 0 fully saturated rings. The van der Waals surface area contributed by atoms with Gasteiger partial charge < -0.3 is 20.1 Å². The van der Waals surface area contributed by atoms with E-state index in [1.54, 1.807) is 25.3 Å². The number of ether oxygens (including phenoxy) is 2. The Morgan fingerprint density at radius 2 is 2.11 bits per heavy atom. The molecule has 1 aromatic carbocycles. The number of alkyl halides is 2. The van der Waals surface area contributed by atoms with Crippen LogP contribution in [0.2, 0.25) is 0 Å². The Kier molecular flexibility index (Phi) is 6.31. The van der Waals surface area contributed by atoms with Gasteiger partial charge in [0.05, 0.1) is 12.3 Å². The van der Waals surface area contributed by atoms with Gasteiger partial charge in [-0.25, -0.2) is 0 Å². The van der Waals surface area contributed by atoms with Crippen molar-refractivity contribution in [3.05, 3.63) is 24.3 Å². The summed E-state index contributed by atoms with van der Waals surface area (Å²) in [5.41, 5.74) is 0.382. The Hall–Kier alpha value is -1.47. The molecule has 0 unspecified atom stereocenters. The van der Waals surface area contributed by atoms with Crippen molar-refractivity contribution in [2.24, 2.45) is 0 Å². The summed E-state index contributed by atoms with van der Waals surface area (Å²) in [7, 11) is 1.57. The van der Waals surface area contributed by atoms with Crippen LogP contribution in [0.4, 0.5) is 14.5 Å². The van der Waals surface area contributed by atoms with Crippen LogP contribution in [0.1, 0.15) is 0 Å². The van der Waals surface area contributed by atoms with Gasteiger partial charge in [-0.2, -0.15) is 8.78 Å². The molecule has 0 saturated heterocycles. The van der Waals surface area contributed by atoms with Crippen LogP contribution >= 0.6 is 12.2 Å². The first kappa shape index (κ1) is 14.6. The topological polar surface area (TPSA) is 42.5 Å². The Bertz CT molecular complexity index is 391. The third kappa shape index (κ3) is 5.24. The minimum atomic E-state index is -2.87. The summed E-state index contributed by atoms with van der Waals surface area (Å²) in [5.74, 6) is 0.0448. The molecule has 4 nitrogen and oxygen atoms in total. The minimum Gasteiger partial charge on any atom is -0.433 e. The second kappa shape index (κ2) is 7.78. The van der Waals surface area contributed by atoms with Gasteiger partial charge in [0.1, 0.15) is 5.75 Å². The van der Waals surface area contributed by atoms with E-state index < -0.39 is 6.61 Å². The largest absolute Gasteiger partial charge is 0.433 e. The van der Waals surface area contributed by atoms with Crippen LogP contribution in [-0.2, 0) is 4.74 Å². The van der Waals surface area contributed by atoms with Gasteiger partial charge in [0.25, 0.3) is 0 Å². The van der Waals surface area contributed by atoms with Gasteiger partial charge >= 0.3 is 6.61 Å². The highest BCUT2D eigenvalue weighted by molar-refractivity contribution is 7.80. The van der Waals surface area contributed by atoms with Crippen molar-refractivity contribution < 1.29 is 18.3 Å². The SMILES string of the molecule is COCCNC(=S)Nc1ccccc1OC(F)F. The van der Waals surface area contributed by atoms with Crippen molar-refractivity contribution in [1.29, 1.82) is 0 Å². The number of para-hydroxylation sites is 2. The number of nitrogens with one attached hydrogen (secondary N) is 2. The van der Waals surface area contributed by atoms with E-state index in [1.165, 1.54) is 6.07 Å². The van der Waals surface area contributed by atoms with Crippen LogP contribution < -0.4 is 15.4 Å². The van der Waals surface area contributed by atoms with Gasteiger partial charge in [-0.05, 0) is 24.4 Å². The smallest absolute Gasteiger partial charge is 0.387 e. The van der Waals surface area contributed by atoms with Crippen molar-refractivity contribution in [1.82, 2.24) is 5.32 Å². The van der Waals surface area contributed by atoms with E-state index in [0.717, 1.165) is 0 Å². The number of halogens is 2. The zero-order chi connectivity index (χ0) is 13.4. The summed E-state index contributed by atoms with van der Waals surface area (Å²) in [6.07, 6.45) is 0. The van der Waals surface area contributed by atoms with Crippen LogP contribution in [-0.4, -0.2) is 32.0 Å². The molecular weight excluding hydrogens is 262 g/mol. The second-order valence-electron chi connectivity index (χ2n) is 3.25. The normalized spacial score (nSPS) is 10.2. The van der Waals surface area contributed by atoms with Crippen molar-refractivity contribution in [3.63, 3.8) is 0 Å². The monoisotopic (exact) mass is 276 g/mol. The molecule has 0 atom stereocenters. The first-order chi connectivity index (χ1) is 8.63. The molecular formula is C11H14F2N2O2S. The first-order valence-electron chi connectivity index (χ1n) is 5.21. The van der Waals surface area contributed by atoms with E-state index >= 15 is 0 Å². The Balaban J connectivity index is 2.57. The average Bonchev–Trinajstić information content (AvgIpc) is 2.31. The molecule has 1 aromatic rings. The lowest BCUT2D eigenvalue weighted by Gasteiger charge is -2.14. The van der Waals surface area contributed by atoms with Crippen molar-refractivity contribution in [2.45, 2.75) is 6.61 Å². The lowest BCUT2D eigenvalue weighted by molar-refractivity contribution is -0.0493. The van der Waals surface area contributed by atoms with E-state index in [4.69, 9.17) is 17.0 Å². The second-order valence-corrected chi connectivity index (χ2v) is 3.66. The average molecular weight is 276 g/mol. The van der Waals surface area contributed by atoms with Crippen molar-refractivity contribution >= 4 is 23.0 Å². The first-order valence-corrected chi connectivity index (χ1v) is 5.62. The van der Waals surface area contributed by atoms with Gasteiger partial charge in [-0.3, -0.25) is 0 Å². The number of thiocarbonyl (C=S) groups is 1. The third-order valence-corrected chi connectivity index (χ3v) is 2.19. The predicted molar refractivity (Wildman–Crippen MR) is 69.2 cm³/mol. The number of hydrogen-bond donors (Lipinski definition) is 2. The fraction of sp³-hybridized carbons (Fsp3) is 0.364. The van der Waals surface area contributed by atoms with E-state index in [1.807, 2.05) is 0 Å². The maximum absolute atomic E-state index is 12.2. The molecule has 100 valence electrons. The van der Waals surface area contributed by atoms with Crippen LogP contribution in [0.25, 0.3) is 0 Å². The van der Waals surface area contributed by atoms with Crippen LogP contribution in [0, 0.1) is 0 Å². The van der Waals surface area contributed by atoms with Gasteiger partial charge in [0, 0.05) is 13.7 Å². The third-order valence-electron chi connectivity index (χ3n) is 1.94. The minimum absolute atomic E-state index is 0.0448. The highest BCUT2D eigenvalue weighted by Gasteiger charge is 2.09. The molecule has 0 radical (unpaired) electrons. The lowest BCUT2D eigenvalue weighted by atomic mass is 10.3. The molecule has 0 bridgehead atoms. The van der Waals surface area contributed by atoms with Crippen LogP contribution in [0.5, 0.6) is 5.75 Å². The Labute approximate surface area is 109 Å². The van der Waals surface area contributed by atoms with E-state index in [0.29, 0.717) is 24.0 Å². The Morgan fingerprint density at radius 1 is 1.39 bits per heavy atom. The summed E-state index contributed by atoms with van der Waals surface area (Å²) >= 11 is 5.00. The standard InChI is InChI=1S/C11H14F2N2O2S/c1-16-7-6-14-11(18)15-8-4-2-3-5-9(8)17-10(12)13/h2-5,10H,6-7H2,1H3,(H2,14,15,18). The number of hydrogen-bond acceptors (Lipinski definition) is 3. The molecule has 0 aromatic heterocycles. The van der Waals surface area contributed by atoms with E-state index in [-0.39, 0.29) is 5.75 Å². The molecule has 0 aliphatic carbocycles. The van der Waals surface area contributed by atoms with E-state index in [2.05, 4.69) is 15.4 Å². The summed E-state index contributed by atoms with van der Waals surface area (Å²) < 4.78 is 33.6. The number of benzene rings is 1. The molecule has 0 aliphatic heterocycles. The van der Waals surface area contributed by atoms with Crippen LogP contribution in [0.3, 0.4) is 0 Å². The van der Waals surface area contributed by atoms with Gasteiger partial charge in [0.15, 0.2) is 5.11 Å². The molecule has 0 saturated carbocycles. The Morgan fingerprint density at radius 3 is 2.78 bits per heavy atom. The van der Waals surface area contributed by atoms with Crippen molar-refractivity contribution in [3.8, 4) is 5.75 Å². The fourth-order valence-electron chi connectivity index (χ4n) is 1.20. The molecule has 1 rings (SSSR count). The highest BCUT2D eigenvalue weighted by Crippen LogP contribution is 2.25.